The van der Waals surface area contributed by atoms with Crippen molar-refractivity contribution in [3.63, 3.8) is 0 Å². The lowest BCUT2D eigenvalue weighted by Gasteiger charge is -2.34. The van der Waals surface area contributed by atoms with Crippen LogP contribution < -0.4 is 0 Å². The Balaban J connectivity index is 0.0000000834. The van der Waals surface area contributed by atoms with Gasteiger partial charge in [-0.25, -0.2) is 0 Å². The third-order valence-electron chi connectivity index (χ3n) is 26.9. The number of benzene rings is 24. The summed E-state index contributed by atoms with van der Waals surface area (Å²) in [5.74, 6) is 0. The van der Waals surface area contributed by atoms with Gasteiger partial charge in [-0.3, -0.25) is 0 Å². The lowest BCUT2D eigenvalue weighted by molar-refractivity contribution is 0.768. The zero-order chi connectivity index (χ0) is 77.3. The standard InChI is InChI=1S/C33H22.C25H18.C22H12.C20H10.C18H10/c1-3-11-25-21-27(19-17-23(25)9-1)33(28-20-18-24-10-2-4-12-26(24)22-28)31-15-7-5-13-29(31)30-14-6-8-16-32(30)33;1-3-11-19(12-4-1)25(20-13-5-2-6-14-20)23-17-9-7-15-21(23)22-16-8-10-18-24(22)25;1-2-6-17-15(4-1)12-16-11-10-14-9-8-13-5-3-7-18-19(13)20(14)21(16)22(17)18;1-2-12-5-6-14-9-10-15-8-7-13-4-3-11(1)16-17(12)19(14)20(15)18(13)16;1-3-11-7-9-13-10-8-12-4-2-6-15-14(5-1)16(11)18(13)17(12)15/h1-22H;1-18H;1-12H;1-10H;1-10H. The van der Waals surface area contributed by atoms with Gasteiger partial charge >= 0.3 is 0 Å². The van der Waals surface area contributed by atoms with Crippen LogP contribution in [0.3, 0.4) is 0 Å². The van der Waals surface area contributed by atoms with Gasteiger partial charge in [0, 0.05) is 0 Å². The average Bonchev–Trinajstić information content (AvgIpc) is 1.57. The summed E-state index contributed by atoms with van der Waals surface area (Å²) in [4.78, 5) is 0. The zero-order valence-electron chi connectivity index (χ0n) is 64.6. The van der Waals surface area contributed by atoms with E-state index in [4.69, 9.17) is 0 Å². The Morgan fingerprint density at radius 1 is 0.119 bits per heavy atom. The molecule has 0 amide bonds. The maximum absolute atomic E-state index is 2.39. The fourth-order valence-corrected chi connectivity index (χ4v) is 22.0. The molecule has 29 rings (SSSR count). The summed E-state index contributed by atoms with van der Waals surface area (Å²) < 4.78 is 0. The highest BCUT2D eigenvalue weighted by Gasteiger charge is 2.47. The maximum atomic E-state index is 2.39. The zero-order valence-corrected chi connectivity index (χ0v) is 64.6. The van der Waals surface area contributed by atoms with Crippen molar-refractivity contribution in [2.45, 2.75) is 10.8 Å². The van der Waals surface area contributed by atoms with Crippen molar-refractivity contribution in [2.75, 3.05) is 0 Å². The van der Waals surface area contributed by atoms with E-state index in [0.29, 0.717) is 0 Å². The first-order valence-electron chi connectivity index (χ1n) is 41.3. The summed E-state index contributed by atoms with van der Waals surface area (Å²) in [6.45, 7) is 0. The highest BCUT2D eigenvalue weighted by Crippen LogP contribution is 2.59. The van der Waals surface area contributed by atoms with Gasteiger partial charge in [-0.2, -0.15) is 0 Å². The monoisotopic (exact) mass is 1490 g/mol. The molecule has 4 aliphatic rings. The molecule has 0 saturated carbocycles. The summed E-state index contributed by atoms with van der Waals surface area (Å²) in [7, 11) is 0. The summed E-state index contributed by atoms with van der Waals surface area (Å²) in [5.41, 5.74) is 21.0. The highest BCUT2D eigenvalue weighted by molar-refractivity contribution is 6.44. The molecule has 0 N–H and O–H groups in total. The van der Waals surface area contributed by atoms with E-state index in [1.165, 1.54) is 240 Å². The fraction of sp³-hybridized carbons (Fsp3) is 0.0169. The van der Waals surface area contributed by atoms with E-state index in [1.54, 1.807) is 0 Å². The molecule has 0 aromatic heterocycles. The molecule has 0 nitrogen and oxygen atoms in total. The van der Waals surface area contributed by atoms with E-state index in [1.807, 2.05) is 0 Å². The third-order valence-corrected chi connectivity index (χ3v) is 26.9. The quantitative estimate of drug-likeness (QED) is 0.122. The van der Waals surface area contributed by atoms with Gasteiger partial charge in [-0.15, -0.1) is 0 Å². The van der Waals surface area contributed by atoms with Crippen LogP contribution in [-0.2, 0) is 10.8 Å². The second kappa shape index (κ2) is 25.7. The summed E-state index contributed by atoms with van der Waals surface area (Å²) in [6.07, 6.45) is 0. The molecule has 0 aliphatic heterocycles. The van der Waals surface area contributed by atoms with Gasteiger partial charge in [0.1, 0.15) is 0 Å². The second-order valence-corrected chi connectivity index (χ2v) is 32.6. The molecule has 25 aromatic carbocycles. The molecule has 25 aromatic rings. The lowest BCUT2D eigenvalue weighted by Crippen LogP contribution is -2.28. The Hall–Kier alpha value is -15.1. The molecule has 544 valence electrons. The molecule has 0 radical (unpaired) electrons. The molecule has 0 saturated heterocycles. The maximum Gasteiger partial charge on any atom is 0.0714 e. The predicted molar refractivity (Wildman–Crippen MR) is 503 cm³/mol. The molecule has 0 heteroatoms. The lowest BCUT2D eigenvalue weighted by atomic mass is 9.67. The first-order chi connectivity index (χ1) is 58.5. The minimum Gasteiger partial charge on any atom is -0.0622 e. The van der Waals surface area contributed by atoms with E-state index < -0.39 is 0 Å². The second-order valence-electron chi connectivity index (χ2n) is 32.6. The van der Waals surface area contributed by atoms with E-state index in [9.17, 15) is 0 Å². The van der Waals surface area contributed by atoms with Crippen LogP contribution in [0.4, 0.5) is 0 Å². The number of hydrogen-bond acceptors (Lipinski definition) is 0. The first-order valence-corrected chi connectivity index (χ1v) is 41.3. The van der Waals surface area contributed by atoms with Gasteiger partial charge < -0.3 is 0 Å². The predicted octanol–water partition coefficient (Wildman–Crippen LogP) is 31.6. The summed E-state index contributed by atoms with van der Waals surface area (Å²) >= 11 is 0. The Morgan fingerprint density at radius 3 is 0.746 bits per heavy atom. The van der Waals surface area contributed by atoms with Crippen molar-refractivity contribution < 1.29 is 0 Å². The van der Waals surface area contributed by atoms with Gasteiger partial charge in [-0.1, -0.05) is 419 Å². The van der Waals surface area contributed by atoms with Crippen molar-refractivity contribution in [2.24, 2.45) is 0 Å². The molecule has 118 heavy (non-hydrogen) atoms. The molecule has 0 fully saturated rings. The van der Waals surface area contributed by atoms with Crippen molar-refractivity contribution >= 4 is 151 Å². The van der Waals surface area contributed by atoms with Crippen LogP contribution in [0.15, 0.2) is 437 Å². The Kier molecular flexibility index (Phi) is 14.5. The molecular weight excluding hydrogens is 1420 g/mol. The SMILES string of the molecule is c1cc2c3c(c1)ccc1ccc4cccc-2c4c13.c1cc2ccc3ccc4ccc5ccc1c1c2c3c4c51.c1ccc(C2(c3ccccc3)c3ccccc3-c3ccccc32)cc1.c1ccc2c(c1)-c1ccccc1C2(c1ccc2ccccc2c1)c1ccc2ccccc2c1.c1ccc2c3c4c(ccc5ccc6cccc-3c6c54)cc2c1. The van der Waals surface area contributed by atoms with Crippen molar-refractivity contribution in [3.8, 4) is 44.5 Å². The van der Waals surface area contributed by atoms with Crippen molar-refractivity contribution in [1.29, 1.82) is 0 Å². The topological polar surface area (TPSA) is 0 Å². The van der Waals surface area contributed by atoms with Gasteiger partial charge in [0.2, 0.25) is 0 Å². The van der Waals surface area contributed by atoms with E-state index in [-0.39, 0.29) is 10.8 Å². The van der Waals surface area contributed by atoms with Gasteiger partial charge in [0.25, 0.3) is 0 Å². The average molecular weight is 1490 g/mol. The minimum atomic E-state index is -0.360. The van der Waals surface area contributed by atoms with Gasteiger partial charge in [0.05, 0.1) is 10.8 Å². The van der Waals surface area contributed by atoms with Crippen LogP contribution in [0.5, 0.6) is 0 Å². The van der Waals surface area contributed by atoms with E-state index in [2.05, 4.69) is 437 Å². The Bertz CT molecular complexity index is 7840. The normalized spacial score (nSPS) is 13.2. The number of fused-ring (bicyclic) bond motifs is 12. The summed E-state index contributed by atoms with van der Waals surface area (Å²) in [5, 5.41) is 38.6. The molecule has 4 aliphatic carbocycles. The van der Waals surface area contributed by atoms with Crippen LogP contribution in [0.25, 0.3) is 195 Å². The Morgan fingerprint density at radius 2 is 0.364 bits per heavy atom. The van der Waals surface area contributed by atoms with E-state index >= 15 is 0 Å². The fourth-order valence-electron chi connectivity index (χ4n) is 22.0. The first kappa shape index (κ1) is 66.4. The molecule has 0 atom stereocenters. The van der Waals surface area contributed by atoms with E-state index in [0.717, 1.165) is 0 Å². The smallest absolute Gasteiger partial charge is 0.0622 e. The molecular formula is C118H72. The van der Waals surface area contributed by atoms with Gasteiger partial charge in [0.15, 0.2) is 0 Å². The van der Waals surface area contributed by atoms with Crippen molar-refractivity contribution in [3.05, 3.63) is 481 Å². The molecule has 0 unspecified atom stereocenters. The molecule has 0 bridgehead atoms. The number of rotatable bonds is 4. The van der Waals surface area contributed by atoms with Crippen LogP contribution in [-0.4, -0.2) is 0 Å². The number of hydrogen-bond donors (Lipinski definition) is 0. The molecule has 0 heterocycles. The largest absolute Gasteiger partial charge is 0.0714 e. The van der Waals surface area contributed by atoms with Crippen LogP contribution in [0.1, 0.15) is 44.5 Å². The van der Waals surface area contributed by atoms with Crippen LogP contribution >= 0.6 is 0 Å². The summed E-state index contributed by atoms with van der Waals surface area (Å²) in [6, 6.07) is 160. The van der Waals surface area contributed by atoms with Crippen LogP contribution in [0.2, 0.25) is 0 Å². The molecule has 0 spiro atoms. The van der Waals surface area contributed by atoms with Crippen LogP contribution in [0, 0.1) is 0 Å². The minimum absolute atomic E-state index is 0.254. The highest BCUT2D eigenvalue weighted by atomic mass is 14.5. The van der Waals surface area contributed by atoms with Crippen molar-refractivity contribution in [1.82, 2.24) is 0 Å². The van der Waals surface area contributed by atoms with Gasteiger partial charge in [-0.05, 0) is 258 Å². The third kappa shape index (κ3) is 9.43. The Labute approximate surface area is 682 Å².